The van der Waals surface area contributed by atoms with E-state index in [2.05, 4.69) is 179 Å². The molecule has 0 unspecified atom stereocenters. The quantitative estimate of drug-likeness (QED) is 0.179. The van der Waals surface area contributed by atoms with Crippen molar-refractivity contribution in [3.05, 3.63) is 170 Å². The predicted octanol–water partition coefficient (Wildman–Crippen LogP) is 13.7. The first-order chi connectivity index (χ1) is 26.3. The second-order valence-electron chi connectivity index (χ2n) is 14.4. The summed E-state index contributed by atoms with van der Waals surface area (Å²) in [7, 11) is 0. The molecule has 13 rings (SSSR count). The average Bonchev–Trinajstić information content (AvgIpc) is 3.95. The minimum atomic E-state index is 0.895. The molecule has 0 atom stereocenters. The van der Waals surface area contributed by atoms with Crippen molar-refractivity contribution in [1.29, 1.82) is 0 Å². The maximum Gasteiger partial charge on any atom is 0.137 e. The Morgan fingerprint density at radius 2 is 1.04 bits per heavy atom. The summed E-state index contributed by atoms with van der Waals surface area (Å²) < 4.78 is 11.6. The number of nitrogens with zero attached hydrogens (tertiary/aromatic N) is 2. The molecule has 3 nitrogen and oxygen atoms in total. The predicted molar refractivity (Wildman–Crippen MR) is 222 cm³/mol. The van der Waals surface area contributed by atoms with Gasteiger partial charge >= 0.3 is 0 Å². The molecule has 0 saturated carbocycles. The van der Waals surface area contributed by atoms with E-state index in [0.717, 1.165) is 27.6 Å². The Balaban J connectivity index is 1.24. The van der Waals surface area contributed by atoms with E-state index in [9.17, 15) is 0 Å². The van der Waals surface area contributed by atoms with Crippen LogP contribution in [0.4, 0.5) is 0 Å². The summed E-state index contributed by atoms with van der Waals surface area (Å²) in [4.78, 5) is 0. The van der Waals surface area contributed by atoms with E-state index in [1.165, 1.54) is 93.1 Å². The van der Waals surface area contributed by atoms with Crippen LogP contribution in [0.25, 0.3) is 121 Å². The third kappa shape index (κ3) is 3.44. The molecule has 0 radical (unpaired) electrons. The Hall–Kier alpha value is -7.10. The van der Waals surface area contributed by atoms with Crippen molar-refractivity contribution in [3.63, 3.8) is 0 Å². The Morgan fingerprint density at radius 3 is 1.94 bits per heavy atom. The first-order valence-electron chi connectivity index (χ1n) is 18.3. The molecule has 0 N–H and O–H groups in total. The summed E-state index contributed by atoms with van der Waals surface area (Å²) in [6, 6.07) is 62.3. The summed E-state index contributed by atoms with van der Waals surface area (Å²) in [5, 5.41) is 12.3. The van der Waals surface area contributed by atoms with Gasteiger partial charge in [0.25, 0.3) is 0 Å². The molecule has 3 heteroatoms. The lowest BCUT2D eigenvalue weighted by Gasteiger charge is -2.13. The van der Waals surface area contributed by atoms with Gasteiger partial charge in [-0.3, -0.25) is 0 Å². The molecule has 0 aliphatic heterocycles. The Morgan fingerprint density at radius 1 is 0.340 bits per heavy atom. The Kier molecular flexibility index (Phi) is 5.11. The normalized spacial score (nSPS) is 12.5. The van der Waals surface area contributed by atoms with Gasteiger partial charge in [-0.25, -0.2) is 0 Å². The maximum atomic E-state index is 6.56. The molecule has 1 aliphatic carbocycles. The van der Waals surface area contributed by atoms with E-state index >= 15 is 0 Å². The molecule has 0 spiro atoms. The topological polar surface area (TPSA) is 23.0 Å². The monoisotopic (exact) mass is 672 g/mol. The SMILES string of the molecule is c1ccc2c(-n3c4ccccc4c4ccc5c(c6ccc7oc8ccccc8c7c6n5-c5ccc6c(c5)-c5cccc7cccc-6c57)c43)cccc2c1. The standard InChI is InChI=1S/C50H28N2O/c1-2-14-32-29(10-1)11-9-20-41(32)52-42-19-5-3-15-34(42)37-24-26-43-47(49(37)52)39-25-27-45-48(38-16-4-6-21-44(38)53-45)50(39)51(43)31-22-23-33-35-17-7-12-30-13-8-18-36(46(30)35)40(33)28-31/h1-28H. The van der Waals surface area contributed by atoms with Gasteiger partial charge in [0.15, 0.2) is 0 Å². The zero-order valence-corrected chi connectivity index (χ0v) is 28.5. The highest BCUT2D eigenvalue weighted by Crippen LogP contribution is 2.50. The van der Waals surface area contributed by atoms with Crippen LogP contribution in [-0.4, -0.2) is 9.13 Å². The number of para-hydroxylation sites is 2. The zero-order valence-electron chi connectivity index (χ0n) is 28.5. The molecule has 0 bridgehead atoms. The molecule has 12 aromatic rings. The van der Waals surface area contributed by atoms with Gasteiger partial charge in [-0.1, -0.05) is 121 Å². The summed E-state index contributed by atoms with van der Waals surface area (Å²) in [6.07, 6.45) is 0. The molecule has 0 fully saturated rings. The number of fused-ring (bicyclic) bond motifs is 15. The molecular formula is C50H28N2O. The summed E-state index contributed by atoms with van der Waals surface area (Å²) in [5.74, 6) is 0. The minimum Gasteiger partial charge on any atom is -0.456 e. The van der Waals surface area contributed by atoms with Crippen molar-refractivity contribution in [2.75, 3.05) is 0 Å². The maximum absolute atomic E-state index is 6.56. The zero-order chi connectivity index (χ0) is 34.4. The number of rotatable bonds is 2. The van der Waals surface area contributed by atoms with E-state index in [4.69, 9.17) is 4.42 Å². The van der Waals surface area contributed by atoms with Crippen LogP contribution >= 0.6 is 0 Å². The lowest BCUT2D eigenvalue weighted by Crippen LogP contribution is -1.97. The average molecular weight is 673 g/mol. The molecular weight excluding hydrogens is 645 g/mol. The lowest BCUT2D eigenvalue weighted by atomic mass is 10.0. The van der Waals surface area contributed by atoms with Gasteiger partial charge < -0.3 is 13.6 Å². The van der Waals surface area contributed by atoms with Gasteiger partial charge in [0, 0.05) is 38.0 Å². The fourth-order valence-corrected chi connectivity index (χ4v) is 9.69. The minimum absolute atomic E-state index is 0.895. The van der Waals surface area contributed by atoms with Crippen LogP contribution in [0.3, 0.4) is 0 Å². The highest BCUT2D eigenvalue weighted by Gasteiger charge is 2.26. The van der Waals surface area contributed by atoms with E-state index < -0.39 is 0 Å². The van der Waals surface area contributed by atoms with Gasteiger partial charge in [-0.2, -0.15) is 0 Å². The second-order valence-corrected chi connectivity index (χ2v) is 14.4. The first-order valence-corrected chi connectivity index (χ1v) is 18.3. The molecule has 53 heavy (non-hydrogen) atoms. The number of benzene rings is 9. The van der Waals surface area contributed by atoms with Crippen molar-refractivity contribution in [2.45, 2.75) is 0 Å². The van der Waals surface area contributed by atoms with Crippen LogP contribution in [-0.2, 0) is 0 Å². The summed E-state index contributed by atoms with van der Waals surface area (Å²) in [6.45, 7) is 0. The van der Waals surface area contributed by atoms with E-state index in [1.54, 1.807) is 0 Å². The fourth-order valence-electron chi connectivity index (χ4n) is 9.69. The molecule has 3 heterocycles. The number of hydrogen-bond acceptors (Lipinski definition) is 1. The van der Waals surface area contributed by atoms with Gasteiger partial charge in [-0.15, -0.1) is 0 Å². The molecule has 0 amide bonds. The van der Waals surface area contributed by atoms with Crippen molar-refractivity contribution >= 4 is 87.1 Å². The van der Waals surface area contributed by atoms with Crippen molar-refractivity contribution in [1.82, 2.24) is 9.13 Å². The van der Waals surface area contributed by atoms with E-state index in [-0.39, 0.29) is 0 Å². The number of hydrogen-bond donors (Lipinski definition) is 0. The van der Waals surface area contributed by atoms with Crippen LogP contribution in [0.1, 0.15) is 0 Å². The van der Waals surface area contributed by atoms with Crippen LogP contribution in [0, 0.1) is 0 Å². The van der Waals surface area contributed by atoms with Gasteiger partial charge in [0.2, 0.25) is 0 Å². The van der Waals surface area contributed by atoms with Crippen LogP contribution < -0.4 is 0 Å². The van der Waals surface area contributed by atoms with Crippen LogP contribution in [0.15, 0.2) is 174 Å². The van der Waals surface area contributed by atoms with Crippen molar-refractivity contribution in [2.24, 2.45) is 0 Å². The third-order valence-electron chi connectivity index (χ3n) is 11.8. The number of furan rings is 1. The number of aromatic nitrogens is 2. The Labute approximate surface area is 303 Å². The van der Waals surface area contributed by atoms with Crippen LogP contribution in [0.5, 0.6) is 0 Å². The van der Waals surface area contributed by atoms with E-state index in [1.807, 2.05) is 0 Å². The largest absolute Gasteiger partial charge is 0.456 e. The fraction of sp³-hybridized carbons (Fsp3) is 0. The summed E-state index contributed by atoms with van der Waals surface area (Å²) >= 11 is 0. The highest BCUT2D eigenvalue weighted by atomic mass is 16.3. The summed E-state index contributed by atoms with van der Waals surface area (Å²) in [5.41, 5.74) is 14.0. The van der Waals surface area contributed by atoms with E-state index in [0.29, 0.717) is 0 Å². The molecule has 0 saturated heterocycles. The molecule has 244 valence electrons. The Bertz CT molecular complexity index is 3560. The smallest absolute Gasteiger partial charge is 0.137 e. The first kappa shape index (κ1) is 27.6. The molecule has 3 aromatic heterocycles. The second kappa shape index (κ2) is 9.81. The van der Waals surface area contributed by atoms with Gasteiger partial charge in [0.05, 0.1) is 33.1 Å². The third-order valence-corrected chi connectivity index (χ3v) is 11.8. The molecule has 9 aromatic carbocycles. The van der Waals surface area contributed by atoms with Crippen molar-refractivity contribution < 1.29 is 4.42 Å². The molecule has 1 aliphatic rings. The van der Waals surface area contributed by atoms with Gasteiger partial charge in [0.1, 0.15) is 11.2 Å². The van der Waals surface area contributed by atoms with Crippen molar-refractivity contribution in [3.8, 4) is 33.6 Å². The van der Waals surface area contributed by atoms with Gasteiger partial charge in [-0.05, 0) is 86.9 Å². The van der Waals surface area contributed by atoms with Crippen LogP contribution in [0.2, 0.25) is 0 Å². The highest BCUT2D eigenvalue weighted by molar-refractivity contribution is 6.31. The lowest BCUT2D eigenvalue weighted by molar-refractivity contribution is 0.669.